The van der Waals surface area contributed by atoms with Crippen molar-refractivity contribution in [3.8, 4) is 21.8 Å². The Labute approximate surface area is 150 Å². The highest BCUT2D eigenvalue weighted by atomic mass is 35.5. The molecular formula is C15H14ClN4O2S2-. The molecule has 0 spiro atoms. The zero-order valence-electron chi connectivity index (χ0n) is 13.0. The third kappa shape index (κ3) is 3.72. The van der Waals surface area contributed by atoms with E-state index in [4.69, 9.17) is 11.6 Å². The molecule has 0 N–H and O–H groups in total. The van der Waals surface area contributed by atoms with Gasteiger partial charge in [0.1, 0.15) is 11.5 Å². The van der Waals surface area contributed by atoms with Crippen LogP contribution < -0.4 is 0 Å². The maximum absolute atomic E-state index is 10.9. The number of aromatic nitrogens is 4. The molecule has 0 saturated carbocycles. The molecule has 3 aromatic heterocycles. The lowest BCUT2D eigenvalue weighted by atomic mass is 10.1. The Bertz CT molecular complexity index is 891. The summed E-state index contributed by atoms with van der Waals surface area (Å²) in [5.74, 6) is 0.0417. The molecule has 0 aliphatic carbocycles. The lowest BCUT2D eigenvalue weighted by Crippen LogP contribution is -2.01. The van der Waals surface area contributed by atoms with Gasteiger partial charge in [-0.15, -0.1) is 11.3 Å². The van der Waals surface area contributed by atoms with Gasteiger partial charge in [-0.05, 0) is 43.1 Å². The van der Waals surface area contributed by atoms with Crippen molar-refractivity contribution in [2.45, 2.75) is 25.6 Å². The summed E-state index contributed by atoms with van der Waals surface area (Å²) in [6.45, 7) is 4.07. The largest absolute Gasteiger partial charge is 0.772 e. The van der Waals surface area contributed by atoms with E-state index in [1.807, 2.05) is 36.9 Å². The maximum Gasteiger partial charge on any atom is 0.140 e. The van der Waals surface area contributed by atoms with Gasteiger partial charge in [0.15, 0.2) is 0 Å². The molecule has 0 amide bonds. The molecular weight excluding hydrogens is 368 g/mol. The number of nitrogens with zero attached hydrogens (tertiary/aromatic N) is 4. The second-order valence-electron chi connectivity index (χ2n) is 5.38. The lowest BCUT2D eigenvalue weighted by molar-refractivity contribution is 0.534. The summed E-state index contributed by atoms with van der Waals surface area (Å²) in [6.07, 6.45) is 3.47. The van der Waals surface area contributed by atoms with Gasteiger partial charge in [0.05, 0.1) is 20.7 Å². The third-order valence-electron chi connectivity index (χ3n) is 3.30. The molecule has 126 valence electrons. The zero-order valence-corrected chi connectivity index (χ0v) is 15.4. The smallest absolute Gasteiger partial charge is 0.140 e. The Kier molecular flexibility index (Phi) is 5.09. The van der Waals surface area contributed by atoms with E-state index in [0.717, 1.165) is 16.1 Å². The number of rotatable bonds is 5. The molecule has 3 aromatic rings. The van der Waals surface area contributed by atoms with Crippen molar-refractivity contribution >= 4 is 34.0 Å². The molecule has 3 rings (SSSR count). The van der Waals surface area contributed by atoms with Crippen molar-refractivity contribution in [1.29, 1.82) is 0 Å². The van der Waals surface area contributed by atoms with Crippen molar-refractivity contribution in [2.75, 3.05) is 0 Å². The van der Waals surface area contributed by atoms with Crippen LogP contribution in [0.25, 0.3) is 21.8 Å². The van der Waals surface area contributed by atoms with E-state index in [0.29, 0.717) is 10.0 Å². The zero-order chi connectivity index (χ0) is 17.3. The number of hydrogen-bond donors (Lipinski definition) is 0. The van der Waals surface area contributed by atoms with Gasteiger partial charge in [-0.3, -0.25) is 8.89 Å². The summed E-state index contributed by atoms with van der Waals surface area (Å²) in [5.41, 5.74) is 2.23. The van der Waals surface area contributed by atoms with E-state index in [2.05, 4.69) is 15.1 Å². The first kappa shape index (κ1) is 17.2. The fraction of sp³-hybridized carbons (Fsp3) is 0.267. The minimum Gasteiger partial charge on any atom is -0.772 e. The fourth-order valence-corrected chi connectivity index (χ4v) is 3.58. The van der Waals surface area contributed by atoms with Crippen molar-refractivity contribution < 1.29 is 8.76 Å². The van der Waals surface area contributed by atoms with E-state index in [1.165, 1.54) is 11.3 Å². The van der Waals surface area contributed by atoms with Crippen molar-refractivity contribution in [2.24, 2.45) is 0 Å². The first-order valence-corrected chi connectivity index (χ1v) is 9.61. The van der Waals surface area contributed by atoms with Crippen LogP contribution in [0.1, 0.15) is 25.7 Å². The van der Waals surface area contributed by atoms with E-state index in [1.54, 1.807) is 12.3 Å². The van der Waals surface area contributed by atoms with Gasteiger partial charge in [0.25, 0.3) is 0 Å². The Morgan fingerprint density at radius 1 is 1.38 bits per heavy atom. The van der Waals surface area contributed by atoms with Gasteiger partial charge < -0.3 is 4.55 Å². The molecule has 0 bridgehead atoms. The Balaban J connectivity index is 2.11. The molecule has 24 heavy (non-hydrogen) atoms. The van der Waals surface area contributed by atoms with E-state index < -0.39 is 11.1 Å². The molecule has 0 radical (unpaired) electrons. The predicted molar refractivity (Wildman–Crippen MR) is 94.6 cm³/mol. The van der Waals surface area contributed by atoms with Gasteiger partial charge in [-0.25, -0.2) is 9.97 Å². The Hall–Kier alpha value is -1.61. The van der Waals surface area contributed by atoms with Crippen molar-refractivity contribution in [1.82, 2.24) is 19.7 Å². The Morgan fingerprint density at radius 2 is 2.17 bits per heavy atom. The summed E-state index contributed by atoms with van der Waals surface area (Å²) in [4.78, 5) is 9.30. The molecule has 1 unspecified atom stereocenters. The summed E-state index contributed by atoms with van der Waals surface area (Å²) >= 11 is 5.25. The summed E-state index contributed by atoms with van der Waals surface area (Å²) in [6, 6.07) is 5.67. The lowest BCUT2D eigenvalue weighted by Gasteiger charge is -2.05. The van der Waals surface area contributed by atoms with Crippen LogP contribution in [0.4, 0.5) is 0 Å². The SMILES string of the molecule is CC(C)n1cc(-c2ccnc(CS(=O)[O-])n2)c(-c2ccc(Cl)s2)n1. The van der Waals surface area contributed by atoms with Gasteiger partial charge in [-0.1, -0.05) is 11.6 Å². The maximum atomic E-state index is 10.9. The normalized spacial score (nSPS) is 12.7. The molecule has 3 heterocycles. The highest BCUT2D eigenvalue weighted by Crippen LogP contribution is 2.36. The molecule has 6 nitrogen and oxygen atoms in total. The monoisotopic (exact) mass is 381 g/mol. The quantitative estimate of drug-likeness (QED) is 0.629. The summed E-state index contributed by atoms with van der Waals surface area (Å²) in [5, 5.41) is 4.65. The molecule has 0 aliphatic heterocycles. The van der Waals surface area contributed by atoms with Crippen molar-refractivity contribution in [3.63, 3.8) is 0 Å². The van der Waals surface area contributed by atoms with Crippen LogP contribution >= 0.6 is 22.9 Å². The summed E-state index contributed by atoms with van der Waals surface area (Å²) < 4.78 is 24.3. The average molecular weight is 382 g/mol. The van der Waals surface area contributed by atoms with Crippen LogP contribution in [0.15, 0.2) is 30.6 Å². The number of halogens is 1. The second-order valence-corrected chi connectivity index (χ2v) is 7.99. The standard InChI is InChI=1S/C15H15ClN4O2S2/c1-9(2)20-7-10(15(19-20)12-3-4-13(16)23-12)11-5-6-17-14(18-11)8-24(21)22/h3-7,9H,8H2,1-2H3,(H,21,22)/p-1. The summed E-state index contributed by atoms with van der Waals surface area (Å²) in [7, 11) is 0. The number of hydrogen-bond acceptors (Lipinski definition) is 6. The van der Waals surface area contributed by atoms with Crippen LogP contribution in [0.5, 0.6) is 0 Å². The van der Waals surface area contributed by atoms with Crippen LogP contribution in [0, 0.1) is 0 Å². The molecule has 9 heteroatoms. The Morgan fingerprint density at radius 3 is 2.79 bits per heavy atom. The van der Waals surface area contributed by atoms with Gasteiger partial charge >= 0.3 is 0 Å². The fourth-order valence-electron chi connectivity index (χ4n) is 2.19. The molecule has 1 atom stereocenters. The first-order valence-electron chi connectivity index (χ1n) is 7.17. The van der Waals surface area contributed by atoms with Crippen molar-refractivity contribution in [3.05, 3.63) is 40.8 Å². The molecule has 0 fully saturated rings. The highest BCUT2D eigenvalue weighted by molar-refractivity contribution is 7.78. The highest BCUT2D eigenvalue weighted by Gasteiger charge is 2.17. The first-order chi connectivity index (χ1) is 11.4. The van der Waals surface area contributed by atoms with Gasteiger partial charge in [0, 0.05) is 24.0 Å². The van der Waals surface area contributed by atoms with Crippen LogP contribution in [0.2, 0.25) is 4.34 Å². The second kappa shape index (κ2) is 7.10. The number of thiophene rings is 1. The third-order valence-corrected chi connectivity index (χ3v) is 5.03. The topological polar surface area (TPSA) is 83.7 Å². The van der Waals surface area contributed by atoms with Crippen LogP contribution in [0.3, 0.4) is 0 Å². The van der Waals surface area contributed by atoms with Crippen LogP contribution in [-0.2, 0) is 16.8 Å². The average Bonchev–Trinajstić information content (AvgIpc) is 3.13. The minimum atomic E-state index is -2.23. The molecule has 0 saturated heterocycles. The minimum absolute atomic E-state index is 0.184. The van der Waals surface area contributed by atoms with E-state index in [9.17, 15) is 8.76 Å². The molecule has 0 aliphatic rings. The van der Waals surface area contributed by atoms with Gasteiger partial charge in [0.2, 0.25) is 0 Å². The molecule has 0 aromatic carbocycles. The van der Waals surface area contributed by atoms with E-state index in [-0.39, 0.29) is 17.6 Å². The predicted octanol–water partition coefficient (Wildman–Crippen LogP) is 3.68. The van der Waals surface area contributed by atoms with E-state index >= 15 is 0 Å². The van der Waals surface area contributed by atoms with Crippen LogP contribution in [-0.4, -0.2) is 28.5 Å². The van der Waals surface area contributed by atoms with Gasteiger partial charge in [-0.2, -0.15) is 5.10 Å².